The molecule has 0 spiro atoms. The molecule has 0 saturated heterocycles. The van der Waals surface area contributed by atoms with Crippen molar-refractivity contribution < 1.29 is 23.0 Å². The topological polar surface area (TPSA) is 55.2 Å². The average molecular weight is 402 g/mol. The van der Waals surface area contributed by atoms with Gasteiger partial charge in [-0.2, -0.15) is 13.2 Å². The number of phenolic OH excluding ortho intramolecular Hbond substituents is 1. The Bertz CT molecular complexity index is 1100. The molecule has 4 nitrogen and oxygen atoms in total. The van der Waals surface area contributed by atoms with Crippen LogP contribution in [0.4, 0.5) is 13.2 Å². The molecular formula is C20H13F3N2O2S. The van der Waals surface area contributed by atoms with Crippen LogP contribution in [0.1, 0.15) is 11.7 Å². The van der Waals surface area contributed by atoms with E-state index in [-0.39, 0.29) is 17.2 Å². The maximum absolute atomic E-state index is 13.6. The lowest BCUT2D eigenvalue weighted by atomic mass is 10.1. The van der Waals surface area contributed by atoms with Crippen molar-refractivity contribution in [1.29, 1.82) is 0 Å². The first-order valence-corrected chi connectivity index (χ1v) is 9.06. The number of hydrogen-bond acceptors (Lipinski definition) is 5. The van der Waals surface area contributed by atoms with Gasteiger partial charge in [-0.15, -0.1) is 11.3 Å². The number of aromatic nitrogens is 2. The lowest BCUT2D eigenvalue weighted by Gasteiger charge is -2.21. The zero-order chi connectivity index (χ0) is 19.7. The van der Waals surface area contributed by atoms with E-state index in [1.807, 2.05) is 0 Å². The molecule has 2 aromatic heterocycles. The molecule has 1 N–H and O–H groups in total. The Labute approximate surface area is 161 Å². The van der Waals surface area contributed by atoms with Gasteiger partial charge in [-0.1, -0.05) is 30.3 Å². The molecule has 4 aromatic rings. The van der Waals surface area contributed by atoms with E-state index < -0.39 is 12.3 Å². The fourth-order valence-corrected chi connectivity index (χ4v) is 3.75. The van der Waals surface area contributed by atoms with Crippen LogP contribution < -0.4 is 4.74 Å². The Kier molecular flexibility index (Phi) is 4.64. The summed E-state index contributed by atoms with van der Waals surface area (Å²) >= 11 is 1.31. The second kappa shape index (κ2) is 7.12. The number of hydrogen-bond donors (Lipinski definition) is 1. The highest BCUT2D eigenvalue weighted by molar-refractivity contribution is 7.21. The predicted molar refractivity (Wildman–Crippen MR) is 100 cm³/mol. The number of alkyl halides is 3. The quantitative estimate of drug-likeness (QED) is 0.473. The Morgan fingerprint density at radius 1 is 0.964 bits per heavy atom. The largest absolute Gasteiger partial charge is 0.508 e. The first-order chi connectivity index (χ1) is 13.4. The van der Waals surface area contributed by atoms with E-state index in [1.54, 1.807) is 24.3 Å². The number of rotatable bonds is 4. The van der Waals surface area contributed by atoms with Crippen molar-refractivity contribution in [3.05, 3.63) is 72.6 Å². The Balaban J connectivity index is 1.75. The number of thiophene rings is 1. The number of nitrogens with zero attached hydrogens (tertiary/aromatic N) is 2. The van der Waals surface area contributed by atoms with Gasteiger partial charge in [0.2, 0.25) is 12.0 Å². The van der Waals surface area contributed by atoms with E-state index in [1.165, 1.54) is 54.1 Å². The molecule has 8 heteroatoms. The molecule has 0 aliphatic heterocycles. The molecule has 0 radical (unpaired) electrons. The standard InChI is InChI=1S/C20H13F3N2O2S/c21-20(22,23)17(13-4-2-1-3-5-13)27-18-15-10-16(28-19(15)25-11-24-18)12-6-8-14(26)9-7-12/h1-11,17,26H. The smallest absolute Gasteiger partial charge is 0.429 e. The molecule has 142 valence electrons. The summed E-state index contributed by atoms with van der Waals surface area (Å²) in [6.45, 7) is 0. The third kappa shape index (κ3) is 3.63. The van der Waals surface area contributed by atoms with E-state index in [0.717, 1.165) is 10.4 Å². The second-order valence-electron chi connectivity index (χ2n) is 6.01. The number of phenols is 1. The third-order valence-electron chi connectivity index (χ3n) is 4.07. The van der Waals surface area contributed by atoms with Gasteiger partial charge in [0.15, 0.2) is 0 Å². The summed E-state index contributed by atoms with van der Waals surface area (Å²) in [6.07, 6.45) is -5.55. The van der Waals surface area contributed by atoms with Gasteiger partial charge < -0.3 is 9.84 Å². The molecule has 0 bridgehead atoms. The average Bonchev–Trinajstić information content (AvgIpc) is 3.11. The van der Waals surface area contributed by atoms with Crippen molar-refractivity contribution in [1.82, 2.24) is 9.97 Å². The van der Waals surface area contributed by atoms with Crippen LogP contribution >= 0.6 is 11.3 Å². The second-order valence-corrected chi connectivity index (χ2v) is 7.04. The van der Waals surface area contributed by atoms with Crippen molar-refractivity contribution in [2.45, 2.75) is 12.3 Å². The highest BCUT2D eigenvalue weighted by atomic mass is 32.1. The Morgan fingerprint density at radius 3 is 2.36 bits per heavy atom. The molecule has 2 aromatic carbocycles. The summed E-state index contributed by atoms with van der Waals surface area (Å²) in [4.78, 5) is 9.38. The molecular weight excluding hydrogens is 389 g/mol. The SMILES string of the molecule is Oc1ccc(-c2cc3c(OC(c4ccccc4)C(F)(F)F)ncnc3s2)cc1. The number of aromatic hydroxyl groups is 1. The van der Waals surface area contributed by atoms with Gasteiger partial charge >= 0.3 is 6.18 Å². The number of ether oxygens (including phenoxy) is 1. The van der Waals surface area contributed by atoms with E-state index in [4.69, 9.17) is 4.74 Å². The maximum Gasteiger partial charge on any atom is 0.429 e. The fourth-order valence-electron chi connectivity index (χ4n) is 2.76. The summed E-state index contributed by atoms with van der Waals surface area (Å²) in [7, 11) is 0. The van der Waals surface area contributed by atoms with Crippen LogP contribution in [-0.2, 0) is 0 Å². The van der Waals surface area contributed by atoms with Crippen molar-refractivity contribution >= 4 is 21.6 Å². The zero-order valence-electron chi connectivity index (χ0n) is 14.2. The van der Waals surface area contributed by atoms with E-state index in [9.17, 15) is 18.3 Å². The minimum Gasteiger partial charge on any atom is -0.508 e. The van der Waals surface area contributed by atoms with Gasteiger partial charge in [-0.25, -0.2) is 9.97 Å². The van der Waals surface area contributed by atoms with Crippen LogP contribution in [0.2, 0.25) is 0 Å². The van der Waals surface area contributed by atoms with Crippen LogP contribution in [0.5, 0.6) is 11.6 Å². The molecule has 2 heterocycles. The van der Waals surface area contributed by atoms with Gasteiger partial charge in [0.25, 0.3) is 0 Å². The maximum atomic E-state index is 13.6. The molecule has 0 aliphatic carbocycles. The summed E-state index contributed by atoms with van der Waals surface area (Å²) < 4.78 is 46.2. The predicted octanol–water partition coefficient (Wildman–Crippen LogP) is 5.75. The van der Waals surface area contributed by atoms with Crippen LogP contribution in [0.25, 0.3) is 20.7 Å². The van der Waals surface area contributed by atoms with Crippen LogP contribution in [0.15, 0.2) is 67.0 Å². The minimum absolute atomic E-state index is 0.00394. The fraction of sp³-hybridized carbons (Fsp3) is 0.100. The minimum atomic E-state index is -4.60. The lowest BCUT2D eigenvalue weighted by Crippen LogP contribution is -2.26. The number of fused-ring (bicyclic) bond motifs is 1. The molecule has 4 rings (SSSR count). The molecule has 0 amide bonds. The first-order valence-electron chi connectivity index (χ1n) is 8.24. The Hall–Kier alpha value is -3.13. The van der Waals surface area contributed by atoms with Gasteiger partial charge in [0.05, 0.1) is 5.39 Å². The monoisotopic (exact) mass is 402 g/mol. The van der Waals surface area contributed by atoms with Crippen LogP contribution in [-0.4, -0.2) is 21.3 Å². The number of halogens is 3. The van der Waals surface area contributed by atoms with Gasteiger partial charge in [-0.3, -0.25) is 0 Å². The molecule has 0 aliphatic rings. The first kappa shape index (κ1) is 18.2. The number of benzene rings is 2. The normalized spacial score (nSPS) is 12.8. The summed E-state index contributed by atoms with van der Waals surface area (Å²) in [5.74, 6) is 0.00186. The third-order valence-corrected chi connectivity index (χ3v) is 5.17. The van der Waals surface area contributed by atoms with Gasteiger partial charge in [-0.05, 0) is 35.9 Å². The highest BCUT2D eigenvalue weighted by Crippen LogP contribution is 2.40. The molecule has 0 fully saturated rings. The summed E-state index contributed by atoms with van der Waals surface area (Å²) in [5.41, 5.74) is 0.804. The molecule has 28 heavy (non-hydrogen) atoms. The van der Waals surface area contributed by atoms with Crippen molar-refractivity contribution in [3.63, 3.8) is 0 Å². The highest BCUT2D eigenvalue weighted by Gasteiger charge is 2.43. The van der Waals surface area contributed by atoms with Crippen molar-refractivity contribution in [3.8, 4) is 22.1 Å². The van der Waals surface area contributed by atoms with Crippen LogP contribution in [0, 0.1) is 0 Å². The lowest BCUT2D eigenvalue weighted by molar-refractivity contribution is -0.198. The van der Waals surface area contributed by atoms with Crippen molar-refractivity contribution in [2.24, 2.45) is 0 Å². The summed E-state index contributed by atoms with van der Waals surface area (Å²) in [6, 6.07) is 15.6. The van der Waals surface area contributed by atoms with E-state index >= 15 is 0 Å². The zero-order valence-corrected chi connectivity index (χ0v) is 15.0. The molecule has 1 unspecified atom stereocenters. The molecule has 1 atom stereocenters. The van der Waals surface area contributed by atoms with Crippen molar-refractivity contribution in [2.75, 3.05) is 0 Å². The van der Waals surface area contributed by atoms with Crippen LogP contribution in [0.3, 0.4) is 0 Å². The van der Waals surface area contributed by atoms with E-state index in [2.05, 4.69) is 9.97 Å². The summed E-state index contributed by atoms with van der Waals surface area (Å²) in [5, 5.41) is 9.83. The van der Waals surface area contributed by atoms with Gasteiger partial charge in [0, 0.05) is 10.4 Å². The molecule has 0 saturated carbocycles. The Morgan fingerprint density at radius 2 is 1.68 bits per heavy atom. The van der Waals surface area contributed by atoms with E-state index in [0.29, 0.717) is 10.2 Å². The van der Waals surface area contributed by atoms with Gasteiger partial charge in [0.1, 0.15) is 16.9 Å².